The standard InChI is InChI=1S/C11H13N3O3/c15-14(16)10-3-1-9(2-4-10)5-6-12-11-13-7-8-17-11/h1-4H,5-8H2,(H,12,13). The van der Waals surface area contributed by atoms with Crippen LogP contribution >= 0.6 is 0 Å². The zero-order chi connectivity index (χ0) is 12.1. The maximum absolute atomic E-state index is 10.5. The van der Waals surface area contributed by atoms with Crippen molar-refractivity contribution in [3.05, 3.63) is 39.9 Å². The van der Waals surface area contributed by atoms with E-state index in [2.05, 4.69) is 10.3 Å². The second kappa shape index (κ2) is 5.29. The highest BCUT2D eigenvalue weighted by atomic mass is 16.6. The number of nitrogens with one attached hydrogen (secondary N) is 1. The van der Waals surface area contributed by atoms with Gasteiger partial charge in [-0.2, -0.15) is 0 Å². The zero-order valence-electron chi connectivity index (χ0n) is 9.26. The molecule has 1 aromatic carbocycles. The van der Waals surface area contributed by atoms with Gasteiger partial charge in [0.1, 0.15) is 6.61 Å². The van der Waals surface area contributed by atoms with Gasteiger partial charge in [-0.25, -0.2) is 4.99 Å². The molecule has 90 valence electrons. The summed E-state index contributed by atoms with van der Waals surface area (Å²) in [6, 6.07) is 7.14. The maximum atomic E-state index is 10.5. The Morgan fingerprint density at radius 1 is 1.41 bits per heavy atom. The van der Waals surface area contributed by atoms with E-state index in [1.807, 2.05) is 0 Å². The molecule has 0 unspecified atom stereocenters. The smallest absolute Gasteiger partial charge is 0.284 e. The lowest BCUT2D eigenvalue weighted by molar-refractivity contribution is -0.384. The topological polar surface area (TPSA) is 76.8 Å². The van der Waals surface area contributed by atoms with Crippen LogP contribution in [-0.2, 0) is 11.2 Å². The molecule has 2 rings (SSSR count). The number of nitro groups is 1. The molecule has 0 saturated carbocycles. The first-order chi connectivity index (χ1) is 8.25. The maximum Gasteiger partial charge on any atom is 0.284 e. The van der Waals surface area contributed by atoms with Crippen molar-refractivity contribution < 1.29 is 9.66 Å². The van der Waals surface area contributed by atoms with E-state index in [0.29, 0.717) is 25.7 Å². The molecule has 1 aliphatic rings. The predicted octanol–water partition coefficient (Wildman–Crippen LogP) is 1.11. The van der Waals surface area contributed by atoms with E-state index in [1.54, 1.807) is 12.1 Å². The summed E-state index contributed by atoms with van der Waals surface area (Å²) in [6.07, 6.45) is 0.778. The molecule has 0 aliphatic carbocycles. The summed E-state index contributed by atoms with van der Waals surface area (Å²) >= 11 is 0. The number of aliphatic imine (C=N–C) groups is 1. The molecule has 6 heteroatoms. The molecule has 1 aliphatic heterocycles. The van der Waals surface area contributed by atoms with Crippen LogP contribution in [0.2, 0.25) is 0 Å². The van der Waals surface area contributed by atoms with Gasteiger partial charge in [0.25, 0.3) is 11.7 Å². The number of hydrogen-bond acceptors (Lipinski definition) is 5. The first-order valence-electron chi connectivity index (χ1n) is 5.40. The van der Waals surface area contributed by atoms with Crippen LogP contribution in [0.5, 0.6) is 0 Å². The number of non-ortho nitro benzene ring substituents is 1. The zero-order valence-corrected chi connectivity index (χ0v) is 9.26. The lowest BCUT2D eigenvalue weighted by Gasteiger charge is -2.05. The van der Waals surface area contributed by atoms with Gasteiger partial charge in [0.05, 0.1) is 11.5 Å². The fourth-order valence-corrected chi connectivity index (χ4v) is 1.54. The van der Waals surface area contributed by atoms with Crippen LogP contribution in [0.3, 0.4) is 0 Å². The Balaban J connectivity index is 1.80. The summed E-state index contributed by atoms with van der Waals surface area (Å²) in [7, 11) is 0. The molecule has 1 aromatic rings. The highest BCUT2D eigenvalue weighted by Gasteiger charge is 2.06. The van der Waals surface area contributed by atoms with Crippen molar-refractivity contribution in [3.63, 3.8) is 0 Å². The van der Waals surface area contributed by atoms with Gasteiger partial charge < -0.3 is 10.1 Å². The van der Waals surface area contributed by atoms with Crippen molar-refractivity contribution in [2.24, 2.45) is 4.99 Å². The molecule has 0 fully saturated rings. The van der Waals surface area contributed by atoms with E-state index < -0.39 is 4.92 Å². The van der Waals surface area contributed by atoms with Crippen LogP contribution < -0.4 is 5.32 Å². The third kappa shape index (κ3) is 3.17. The highest BCUT2D eigenvalue weighted by molar-refractivity contribution is 5.74. The van der Waals surface area contributed by atoms with Crippen molar-refractivity contribution in [1.82, 2.24) is 5.32 Å². The quantitative estimate of drug-likeness (QED) is 0.626. The average molecular weight is 235 g/mol. The minimum Gasteiger partial charge on any atom is -0.463 e. The van der Waals surface area contributed by atoms with Gasteiger partial charge in [-0.15, -0.1) is 0 Å². The molecule has 6 nitrogen and oxygen atoms in total. The Kier molecular flexibility index (Phi) is 3.54. The van der Waals surface area contributed by atoms with E-state index in [9.17, 15) is 10.1 Å². The van der Waals surface area contributed by atoms with Crippen molar-refractivity contribution in [2.45, 2.75) is 6.42 Å². The highest BCUT2D eigenvalue weighted by Crippen LogP contribution is 2.11. The summed E-state index contributed by atoms with van der Waals surface area (Å²) < 4.78 is 5.19. The molecule has 1 N–H and O–H groups in total. The van der Waals surface area contributed by atoms with E-state index in [4.69, 9.17) is 4.74 Å². The number of nitro benzene ring substituents is 1. The Labute approximate surface area is 98.5 Å². The van der Waals surface area contributed by atoms with E-state index in [0.717, 1.165) is 12.0 Å². The number of nitrogens with zero attached hydrogens (tertiary/aromatic N) is 2. The van der Waals surface area contributed by atoms with Gasteiger partial charge in [0.15, 0.2) is 0 Å². The number of rotatable bonds is 4. The van der Waals surface area contributed by atoms with Crippen LogP contribution in [0.4, 0.5) is 5.69 Å². The number of ether oxygens (including phenoxy) is 1. The Morgan fingerprint density at radius 3 is 2.76 bits per heavy atom. The van der Waals surface area contributed by atoms with Crippen molar-refractivity contribution >= 4 is 11.7 Å². The molecule has 0 spiro atoms. The van der Waals surface area contributed by atoms with E-state index in [-0.39, 0.29) is 5.69 Å². The second-order valence-corrected chi connectivity index (χ2v) is 3.64. The molecule has 17 heavy (non-hydrogen) atoms. The van der Waals surface area contributed by atoms with Gasteiger partial charge in [-0.05, 0) is 12.0 Å². The normalized spacial score (nSPS) is 14.0. The van der Waals surface area contributed by atoms with Crippen LogP contribution in [0.25, 0.3) is 0 Å². The van der Waals surface area contributed by atoms with Crippen LogP contribution in [-0.4, -0.2) is 30.6 Å². The molecule has 0 atom stereocenters. The summed E-state index contributed by atoms with van der Waals surface area (Å²) in [5.41, 5.74) is 1.16. The van der Waals surface area contributed by atoms with Crippen LogP contribution in [0.15, 0.2) is 29.3 Å². The molecule has 0 bridgehead atoms. The third-order valence-corrected chi connectivity index (χ3v) is 2.42. The first-order valence-corrected chi connectivity index (χ1v) is 5.40. The molecule has 0 aromatic heterocycles. The lowest BCUT2D eigenvalue weighted by atomic mass is 10.1. The summed E-state index contributed by atoms with van der Waals surface area (Å²) in [4.78, 5) is 14.2. The van der Waals surface area contributed by atoms with Gasteiger partial charge in [-0.1, -0.05) is 12.1 Å². The van der Waals surface area contributed by atoms with Crippen molar-refractivity contribution in [3.8, 4) is 0 Å². The molecular formula is C11H13N3O3. The molecule has 0 radical (unpaired) electrons. The summed E-state index contributed by atoms with van der Waals surface area (Å²) in [5.74, 6) is 0. The Hall–Kier alpha value is -2.11. The molecular weight excluding hydrogens is 222 g/mol. The van der Waals surface area contributed by atoms with Crippen molar-refractivity contribution in [2.75, 3.05) is 19.7 Å². The Bertz CT molecular complexity index is 428. The molecule has 0 saturated heterocycles. The molecule has 1 heterocycles. The van der Waals surface area contributed by atoms with Crippen LogP contribution in [0.1, 0.15) is 5.56 Å². The number of benzene rings is 1. The average Bonchev–Trinajstić information content (AvgIpc) is 2.83. The minimum atomic E-state index is -0.400. The lowest BCUT2D eigenvalue weighted by Crippen LogP contribution is -2.25. The Morgan fingerprint density at radius 2 is 2.18 bits per heavy atom. The number of amidine groups is 1. The van der Waals surface area contributed by atoms with E-state index in [1.165, 1.54) is 12.1 Å². The van der Waals surface area contributed by atoms with Crippen LogP contribution in [0, 0.1) is 10.1 Å². The van der Waals surface area contributed by atoms with Gasteiger partial charge >= 0.3 is 0 Å². The third-order valence-electron chi connectivity index (χ3n) is 2.42. The molecule has 0 amide bonds. The van der Waals surface area contributed by atoms with E-state index >= 15 is 0 Å². The second-order valence-electron chi connectivity index (χ2n) is 3.64. The summed E-state index contributed by atoms with van der Waals surface area (Å²) in [6.45, 7) is 2.05. The minimum absolute atomic E-state index is 0.116. The van der Waals surface area contributed by atoms with Gasteiger partial charge in [0, 0.05) is 18.7 Å². The monoisotopic (exact) mass is 235 g/mol. The van der Waals surface area contributed by atoms with Gasteiger partial charge in [0.2, 0.25) is 0 Å². The fraction of sp³-hybridized carbons (Fsp3) is 0.364. The number of hydrogen-bond donors (Lipinski definition) is 1. The van der Waals surface area contributed by atoms with Crippen molar-refractivity contribution in [1.29, 1.82) is 0 Å². The SMILES string of the molecule is O=[N+]([O-])c1ccc(CCNC2=NCCO2)cc1. The fourth-order valence-electron chi connectivity index (χ4n) is 1.54. The summed E-state index contributed by atoms with van der Waals surface area (Å²) in [5, 5.41) is 13.5. The largest absolute Gasteiger partial charge is 0.463 e. The first kappa shape index (κ1) is 11.4. The predicted molar refractivity (Wildman–Crippen MR) is 63.1 cm³/mol. The van der Waals surface area contributed by atoms with Gasteiger partial charge in [-0.3, -0.25) is 10.1 Å².